The SMILES string of the molecule is C.C.C=Nc1ccc2cc3ccc(N=C(C)c4ccc(C(=C)C)cc4)cc3nc2c1. The van der Waals surface area contributed by atoms with Crippen molar-refractivity contribution in [2.45, 2.75) is 28.7 Å². The van der Waals surface area contributed by atoms with E-state index in [2.05, 4.69) is 54.7 Å². The van der Waals surface area contributed by atoms with Gasteiger partial charge in [-0.05, 0) is 62.0 Å². The molecule has 4 aromatic rings. The molecule has 0 aliphatic rings. The Hall–Kier alpha value is -3.59. The van der Waals surface area contributed by atoms with Crippen LogP contribution < -0.4 is 0 Å². The molecule has 152 valence electrons. The Morgan fingerprint density at radius 1 is 0.733 bits per heavy atom. The molecular formula is C27H29N3. The fraction of sp³-hybridized carbons (Fsp3) is 0.148. The number of hydrogen-bond acceptors (Lipinski definition) is 3. The third-order valence-electron chi connectivity index (χ3n) is 4.85. The number of pyridine rings is 1. The van der Waals surface area contributed by atoms with Gasteiger partial charge in [0, 0.05) is 16.5 Å². The van der Waals surface area contributed by atoms with Gasteiger partial charge in [-0.3, -0.25) is 9.98 Å². The first-order valence-corrected chi connectivity index (χ1v) is 9.16. The summed E-state index contributed by atoms with van der Waals surface area (Å²) in [6.07, 6.45) is 0. The molecule has 0 unspecified atom stereocenters. The van der Waals surface area contributed by atoms with Gasteiger partial charge in [0.15, 0.2) is 0 Å². The highest BCUT2D eigenvalue weighted by atomic mass is 14.8. The lowest BCUT2D eigenvalue weighted by atomic mass is 10.0. The van der Waals surface area contributed by atoms with Crippen molar-refractivity contribution in [3.05, 3.63) is 84.4 Å². The van der Waals surface area contributed by atoms with Crippen molar-refractivity contribution in [1.29, 1.82) is 0 Å². The Labute approximate surface area is 179 Å². The van der Waals surface area contributed by atoms with Crippen LogP contribution in [0.5, 0.6) is 0 Å². The zero-order valence-corrected chi connectivity index (χ0v) is 16.1. The average molecular weight is 396 g/mol. The molecule has 0 amide bonds. The lowest BCUT2D eigenvalue weighted by Gasteiger charge is -2.06. The van der Waals surface area contributed by atoms with E-state index in [1.807, 2.05) is 44.2 Å². The fourth-order valence-electron chi connectivity index (χ4n) is 3.22. The number of aliphatic imine (C=N–C) groups is 2. The van der Waals surface area contributed by atoms with Gasteiger partial charge in [-0.15, -0.1) is 0 Å². The maximum atomic E-state index is 4.79. The zero-order valence-electron chi connectivity index (χ0n) is 16.1. The molecular weight excluding hydrogens is 366 g/mol. The highest BCUT2D eigenvalue weighted by Gasteiger charge is 2.04. The van der Waals surface area contributed by atoms with Crippen LogP contribution in [0.2, 0.25) is 0 Å². The van der Waals surface area contributed by atoms with Crippen LogP contribution in [0.4, 0.5) is 11.4 Å². The lowest BCUT2D eigenvalue weighted by Crippen LogP contribution is -1.94. The normalized spacial score (nSPS) is 10.9. The second-order valence-corrected chi connectivity index (χ2v) is 6.96. The molecule has 0 fully saturated rings. The van der Waals surface area contributed by atoms with E-state index in [1.165, 1.54) is 0 Å². The molecule has 0 atom stereocenters. The fourth-order valence-corrected chi connectivity index (χ4v) is 3.22. The van der Waals surface area contributed by atoms with Crippen molar-refractivity contribution in [3.8, 4) is 0 Å². The van der Waals surface area contributed by atoms with Gasteiger partial charge < -0.3 is 0 Å². The maximum Gasteiger partial charge on any atom is 0.0731 e. The highest BCUT2D eigenvalue weighted by molar-refractivity contribution is 6.01. The summed E-state index contributed by atoms with van der Waals surface area (Å²) in [5.74, 6) is 0. The summed E-state index contributed by atoms with van der Waals surface area (Å²) in [6, 6.07) is 22.5. The summed E-state index contributed by atoms with van der Waals surface area (Å²) in [6.45, 7) is 11.6. The van der Waals surface area contributed by atoms with Gasteiger partial charge in [0.05, 0.1) is 22.4 Å². The van der Waals surface area contributed by atoms with Crippen molar-refractivity contribution in [1.82, 2.24) is 4.98 Å². The molecule has 0 saturated heterocycles. The molecule has 0 saturated carbocycles. The smallest absolute Gasteiger partial charge is 0.0731 e. The monoisotopic (exact) mass is 395 g/mol. The van der Waals surface area contributed by atoms with Crippen LogP contribution in [-0.2, 0) is 0 Å². The number of benzene rings is 3. The second-order valence-electron chi connectivity index (χ2n) is 6.96. The molecule has 30 heavy (non-hydrogen) atoms. The van der Waals surface area contributed by atoms with Gasteiger partial charge >= 0.3 is 0 Å². The topological polar surface area (TPSA) is 37.6 Å². The van der Waals surface area contributed by atoms with E-state index in [4.69, 9.17) is 9.98 Å². The van der Waals surface area contributed by atoms with Crippen molar-refractivity contribution in [2.24, 2.45) is 9.98 Å². The van der Waals surface area contributed by atoms with Gasteiger partial charge in [0.1, 0.15) is 0 Å². The standard InChI is InChI=1S/C25H21N3.2CH4/c1-16(2)18-5-7-19(8-6-18)17(3)27-23-12-10-21-13-20-9-11-22(26-4)14-24(20)28-25(21)15-23;;/h5-15H,1,4H2,2-3H3;2*1H4. The molecule has 1 aromatic heterocycles. The minimum atomic E-state index is 0. The number of rotatable bonds is 4. The number of nitrogens with zero attached hydrogens (tertiary/aromatic N) is 3. The quantitative estimate of drug-likeness (QED) is 0.254. The highest BCUT2D eigenvalue weighted by Crippen LogP contribution is 2.26. The van der Waals surface area contributed by atoms with Crippen molar-refractivity contribution in [2.75, 3.05) is 0 Å². The van der Waals surface area contributed by atoms with Crippen LogP contribution in [0.1, 0.15) is 39.8 Å². The molecule has 3 nitrogen and oxygen atoms in total. The predicted octanol–water partition coefficient (Wildman–Crippen LogP) is 8.17. The van der Waals surface area contributed by atoms with E-state index < -0.39 is 0 Å². The van der Waals surface area contributed by atoms with E-state index in [0.29, 0.717) is 0 Å². The van der Waals surface area contributed by atoms with Gasteiger partial charge in [-0.1, -0.05) is 63.4 Å². The molecule has 0 bridgehead atoms. The lowest BCUT2D eigenvalue weighted by molar-refractivity contribution is 1.44. The molecule has 0 spiro atoms. The van der Waals surface area contributed by atoms with Crippen LogP contribution >= 0.6 is 0 Å². The largest absolute Gasteiger partial charge is 0.265 e. The minimum absolute atomic E-state index is 0. The first-order chi connectivity index (χ1) is 13.5. The van der Waals surface area contributed by atoms with Gasteiger partial charge in [0.2, 0.25) is 0 Å². The van der Waals surface area contributed by atoms with E-state index in [-0.39, 0.29) is 14.9 Å². The molecule has 1 heterocycles. The molecule has 4 rings (SSSR count). The number of allylic oxidation sites excluding steroid dienone is 1. The Morgan fingerprint density at radius 2 is 1.27 bits per heavy atom. The van der Waals surface area contributed by atoms with Crippen molar-refractivity contribution in [3.63, 3.8) is 0 Å². The van der Waals surface area contributed by atoms with E-state index >= 15 is 0 Å². The Bertz CT molecular complexity index is 1250. The van der Waals surface area contributed by atoms with Crippen LogP contribution in [-0.4, -0.2) is 17.4 Å². The molecule has 0 aliphatic heterocycles. The van der Waals surface area contributed by atoms with E-state index in [0.717, 1.165) is 55.6 Å². The number of hydrogen-bond donors (Lipinski definition) is 0. The Morgan fingerprint density at radius 3 is 1.83 bits per heavy atom. The summed E-state index contributed by atoms with van der Waals surface area (Å²) >= 11 is 0. The summed E-state index contributed by atoms with van der Waals surface area (Å²) in [4.78, 5) is 13.6. The van der Waals surface area contributed by atoms with Crippen LogP contribution in [0.3, 0.4) is 0 Å². The van der Waals surface area contributed by atoms with Crippen molar-refractivity contribution < 1.29 is 0 Å². The van der Waals surface area contributed by atoms with Crippen LogP contribution in [0.15, 0.2) is 83.3 Å². The molecule has 0 N–H and O–H groups in total. The molecule has 0 aliphatic carbocycles. The van der Waals surface area contributed by atoms with Crippen LogP contribution in [0.25, 0.3) is 27.4 Å². The number of aromatic nitrogens is 1. The van der Waals surface area contributed by atoms with Crippen LogP contribution in [0, 0.1) is 0 Å². The van der Waals surface area contributed by atoms with E-state index in [9.17, 15) is 0 Å². The van der Waals surface area contributed by atoms with Gasteiger partial charge in [-0.25, -0.2) is 4.98 Å². The maximum absolute atomic E-state index is 4.79. The van der Waals surface area contributed by atoms with Gasteiger partial charge in [-0.2, -0.15) is 0 Å². The van der Waals surface area contributed by atoms with Crippen molar-refractivity contribution >= 4 is 51.2 Å². The third-order valence-corrected chi connectivity index (χ3v) is 4.85. The second kappa shape index (κ2) is 9.27. The summed E-state index contributed by atoms with van der Waals surface area (Å²) in [5.41, 5.74) is 7.80. The molecule has 0 radical (unpaired) electrons. The molecule has 3 aromatic carbocycles. The third kappa shape index (κ3) is 4.52. The Balaban J connectivity index is 0.00000160. The summed E-state index contributed by atoms with van der Waals surface area (Å²) < 4.78 is 0. The zero-order chi connectivity index (χ0) is 19.7. The van der Waals surface area contributed by atoms with E-state index in [1.54, 1.807) is 0 Å². The minimum Gasteiger partial charge on any atom is -0.265 e. The first-order valence-electron chi connectivity index (χ1n) is 9.16. The summed E-state index contributed by atoms with van der Waals surface area (Å²) in [5, 5.41) is 2.18. The first kappa shape index (κ1) is 22.7. The average Bonchev–Trinajstić information content (AvgIpc) is 2.71. The Kier molecular flexibility index (Phi) is 7.01. The summed E-state index contributed by atoms with van der Waals surface area (Å²) in [7, 11) is 0. The molecule has 3 heteroatoms. The predicted molar refractivity (Wildman–Crippen MR) is 135 cm³/mol. The van der Waals surface area contributed by atoms with Gasteiger partial charge in [0.25, 0.3) is 0 Å². The number of fused-ring (bicyclic) bond motifs is 2.